The molecule has 0 aliphatic carbocycles. The minimum atomic E-state index is -1.75. The van der Waals surface area contributed by atoms with Crippen LogP contribution in [0.25, 0.3) is 0 Å². The summed E-state index contributed by atoms with van der Waals surface area (Å²) in [5, 5.41) is 46.3. The van der Waals surface area contributed by atoms with Crippen LogP contribution in [0.1, 0.15) is 38.5 Å². The summed E-state index contributed by atoms with van der Waals surface area (Å²) in [6, 6.07) is -0.932. The quantitative estimate of drug-likeness (QED) is 0.118. The smallest absolute Gasteiger partial charge is 0.362 e. The van der Waals surface area contributed by atoms with Crippen LogP contribution in [0.3, 0.4) is 0 Å². The maximum Gasteiger partial charge on any atom is 0.362 e. The maximum atomic E-state index is 10.2. The van der Waals surface area contributed by atoms with Crippen molar-refractivity contribution in [2.75, 3.05) is 13.1 Å². The van der Waals surface area contributed by atoms with Gasteiger partial charge in [-0.3, -0.25) is 0 Å². The molecule has 0 spiro atoms. The summed E-state index contributed by atoms with van der Waals surface area (Å²) >= 11 is 0. The van der Waals surface area contributed by atoms with Crippen LogP contribution in [0, 0.1) is 30.6 Å². The van der Waals surface area contributed by atoms with Crippen LogP contribution in [0.2, 0.25) is 0 Å². The summed E-state index contributed by atoms with van der Waals surface area (Å²) < 4.78 is 0. The van der Waals surface area contributed by atoms with E-state index in [2.05, 4.69) is 11.5 Å². The third kappa shape index (κ3) is 49.5. The molecular weight excluding hydrogens is 388 g/mol. The zero-order valence-corrected chi connectivity index (χ0v) is 15.4. The van der Waals surface area contributed by atoms with Gasteiger partial charge < -0.3 is 63.8 Å². The first-order valence-corrected chi connectivity index (χ1v) is 7.98. The first-order valence-electron chi connectivity index (χ1n) is 7.98. The van der Waals surface area contributed by atoms with Crippen LogP contribution in [0.15, 0.2) is 0 Å². The number of carboxylic acids is 2. The summed E-state index contributed by atoms with van der Waals surface area (Å²) in [5.74, 6) is -1.64. The van der Waals surface area contributed by atoms with Crippen molar-refractivity contribution in [3.05, 3.63) is 30.6 Å². The van der Waals surface area contributed by atoms with E-state index >= 15 is 0 Å². The fourth-order valence-electron chi connectivity index (χ4n) is 1.32. The Bertz CT molecular complexity index is 380. The molecule has 0 radical (unpaired) electrons. The van der Waals surface area contributed by atoms with Gasteiger partial charge in [-0.25, -0.2) is 9.59 Å². The van der Waals surface area contributed by atoms with Gasteiger partial charge in [0.15, 0.2) is 12.1 Å². The summed E-state index contributed by atoms with van der Waals surface area (Å²) in [7, 11) is 0. The third-order valence-corrected chi connectivity index (χ3v) is 2.71. The minimum Gasteiger partial charge on any atom is -0.477 e. The zero-order valence-electron chi connectivity index (χ0n) is 15.4. The predicted molar refractivity (Wildman–Crippen MR) is 95.2 cm³/mol. The Morgan fingerprint density at radius 3 is 1.11 bits per heavy atom. The highest BCUT2D eigenvalue weighted by atomic mass is 16.9. The van der Waals surface area contributed by atoms with Gasteiger partial charge in [0.2, 0.25) is 0 Å². The SMILES string of the molecule is NCCCC[C@H]([NH3+])C(=O)O.NCCCC[C@H]([NH3+])C(=O)O.O=[N+]([O-])[O-].O=[N+]([O-])[O-]. The number of carbonyl (C=O) groups is 2. The number of rotatable bonds is 10. The Kier molecular flexibility index (Phi) is 28.3. The molecule has 168 valence electrons. The highest BCUT2D eigenvalue weighted by molar-refractivity contribution is 5.71. The summed E-state index contributed by atoms with van der Waals surface area (Å²) in [4.78, 5) is 36.9. The van der Waals surface area contributed by atoms with Gasteiger partial charge in [-0.2, -0.15) is 0 Å². The van der Waals surface area contributed by atoms with Gasteiger partial charge in [-0.1, -0.05) is 0 Å². The maximum absolute atomic E-state index is 10.2. The Morgan fingerprint density at radius 1 is 0.750 bits per heavy atom. The van der Waals surface area contributed by atoms with E-state index < -0.39 is 34.2 Å². The van der Waals surface area contributed by atoms with Gasteiger partial charge in [-0.05, 0) is 38.8 Å². The molecule has 16 heteroatoms. The lowest BCUT2D eigenvalue weighted by Gasteiger charge is -2.00. The van der Waals surface area contributed by atoms with Crippen molar-refractivity contribution in [1.29, 1.82) is 0 Å². The molecule has 0 heterocycles. The van der Waals surface area contributed by atoms with Crippen molar-refractivity contribution in [3.63, 3.8) is 0 Å². The molecule has 0 unspecified atom stereocenters. The van der Waals surface area contributed by atoms with Gasteiger partial charge >= 0.3 is 11.9 Å². The molecule has 0 aromatic heterocycles. The van der Waals surface area contributed by atoms with Gasteiger partial charge in [0, 0.05) is 12.8 Å². The molecule has 0 aromatic carbocycles. The first-order chi connectivity index (χ1) is 12.8. The van der Waals surface area contributed by atoms with Crippen LogP contribution in [-0.2, 0) is 9.59 Å². The standard InChI is InChI=1S/2C6H14N2O2.2NO3/c2*7-4-2-1-3-5(8)6(9)10;2*2-1(3)4/h2*5H,1-4,7-8H2,(H,9,10);;/q;;2*-1/p+2/t2*5-;;/m00../s1. The van der Waals surface area contributed by atoms with Crippen molar-refractivity contribution >= 4 is 11.9 Å². The molecule has 0 fully saturated rings. The van der Waals surface area contributed by atoms with Crippen LogP contribution in [0.4, 0.5) is 0 Å². The topological polar surface area (TPSA) is 314 Å². The van der Waals surface area contributed by atoms with E-state index in [0.29, 0.717) is 25.9 Å². The molecule has 12 N–H and O–H groups in total. The fourth-order valence-corrected chi connectivity index (χ4v) is 1.32. The molecule has 28 heavy (non-hydrogen) atoms. The number of nitrogens with two attached hydrogens (primary N) is 2. The van der Waals surface area contributed by atoms with Gasteiger partial charge in [0.1, 0.15) is 0 Å². The molecule has 0 aliphatic rings. The van der Waals surface area contributed by atoms with Crippen molar-refractivity contribution < 1.29 is 41.4 Å². The average molecular weight is 418 g/mol. The van der Waals surface area contributed by atoms with Crippen LogP contribution in [0.5, 0.6) is 0 Å². The van der Waals surface area contributed by atoms with Crippen molar-refractivity contribution in [3.8, 4) is 0 Å². The van der Waals surface area contributed by atoms with E-state index in [9.17, 15) is 9.59 Å². The van der Waals surface area contributed by atoms with E-state index in [4.69, 9.17) is 52.3 Å². The van der Waals surface area contributed by atoms with Crippen LogP contribution < -0.4 is 22.9 Å². The Hall–Kier alpha value is -2.82. The second-order valence-corrected chi connectivity index (χ2v) is 5.09. The number of unbranched alkanes of at least 4 members (excludes halogenated alkanes) is 2. The first kappa shape index (κ1) is 32.8. The van der Waals surface area contributed by atoms with E-state index in [1.807, 2.05) is 0 Å². The van der Waals surface area contributed by atoms with Crippen molar-refractivity contribution in [1.82, 2.24) is 0 Å². The summed E-state index contributed by atoms with van der Waals surface area (Å²) in [6.45, 7) is 1.26. The molecule has 0 saturated heterocycles. The second kappa shape index (κ2) is 24.2. The molecule has 2 atom stereocenters. The molecule has 0 saturated carbocycles. The predicted octanol–water partition coefficient (Wildman–Crippen LogP) is -2.86. The molecule has 0 aliphatic heterocycles. The van der Waals surface area contributed by atoms with Crippen LogP contribution in [-0.4, -0.2) is 57.5 Å². The van der Waals surface area contributed by atoms with Gasteiger partial charge in [-0.15, -0.1) is 0 Å². The Balaban J connectivity index is -0.000000150. The fraction of sp³-hybridized carbons (Fsp3) is 0.833. The molecule has 0 bridgehead atoms. The Morgan fingerprint density at radius 2 is 0.964 bits per heavy atom. The number of carboxylic acid groups (broad SMARTS) is 2. The lowest BCUT2D eigenvalue weighted by molar-refractivity contribution is -0.409. The van der Waals surface area contributed by atoms with E-state index in [1.165, 1.54) is 0 Å². The number of aliphatic carboxylic acids is 2. The zero-order chi connectivity index (χ0) is 23.1. The number of hydrogen-bond donors (Lipinski definition) is 6. The van der Waals surface area contributed by atoms with Gasteiger partial charge in [0.05, 0.1) is 10.2 Å². The Labute approximate surface area is 160 Å². The summed E-state index contributed by atoms with van der Waals surface area (Å²) in [5.41, 5.74) is 17.4. The number of quaternary nitrogens is 2. The van der Waals surface area contributed by atoms with Crippen molar-refractivity contribution in [2.45, 2.75) is 50.6 Å². The highest BCUT2D eigenvalue weighted by Crippen LogP contribution is 1.96. The largest absolute Gasteiger partial charge is 0.477 e. The molecule has 0 amide bonds. The van der Waals surface area contributed by atoms with Gasteiger partial charge in [0.25, 0.3) is 0 Å². The molecular formula is C12H30N6O10. The monoisotopic (exact) mass is 418 g/mol. The lowest BCUT2D eigenvalue weighted by atomic mass is 10.1. The van der Waals surface area contributed by atoms with E-state index in [1.54, 1.807) is 0 Å². The van der Waals surface area contributed by atoms with Crippen LogP contribution >= 0.6 is 0 Å². The van der Waals surface area contributed by atoms with Crippen molar-refractivity contribution in [2.24, 2.45) is 11.5 Å². The van der Waals surface area contributed by atoms with E-state index in [-0.39, 0.29) is 0 Å². The lowest BCUT2D eigenvalue weighted by Crippen LogP contribution is -2.64. The molecule has 0 aromatic rings. The molecule has 0 rings (SSSR count). The summed E-state index contributed by atoms with van der Waals surface area (Å²) in [6.07, 6.45) is 4.76. The second-order valence-electron chi connectivity index (χ2n) is 5.09. The number of hydrogen-bond acceptors (Lipinski definition) is 10. The highest BCUT2D eigenvalue weighted by Gasteiger charge is 2.14. The third-order valence-electron chi connectivity index (χ3n) is 2.71. The number of nitrogens with zero attached hydrogens (tertiary/aromatic N) is 2. The normalized spacial score (nSPS) is 11.0. The molecule has 16 nitrogen and oxygen atoms in total. The van der Waals surface area contributed by atoms with E-state index in [0.717, 1.165) is 25.7 Å². The average Bonchev–Trinajstić information content (AvgIpc) is 2.54. The minimum absolute atomic E-state index is 0.466.